The number of piperazine rings is 1. The van der Waals surface area contributed by atoms with E-state index in [9.17, 15) is 9.59 Å². The van der Waals surface area contributed by atoms with Crippen molar-refractivity contribution in [2.24, 2.45) is 0 Å². The number of nitrogens with zero attached hydrogens (tertiary/aromatic N) is 1. The lowest BCUT2D eigenvalue weighted by molar-refractivity contribution is -0.134. The molecule has 1 atom stereocenters. The largest absolute Gasteiger partial charge is 0.353 e. The number of carbonyl (C=O) groups excluding carboxylic acids is 2. The third-order valence-corrected chi connectivity index (χ3v) is 5.35. The van der Waals surface area contributed by atoms with Crippen LogP contribution in [0.5, 0.6) is 0 Å². The Hall–Kier alpha value is -2.14. The molecule has 1 heterocycles. The first-order valence-corrected chi connectivity index (χ1v) is 9.64. The van der Waals surface area contributed by atoms with Crippen LogP contribution in [0, 0.1) is 6.92 Å². The fraction of sp³-hybridized carbons (Fsp3) is 0.524. The minimum Gasteiger partial charge on any atom is -0.353 e. The average molecular weight is 355 g/mol. The summed E-state index contributed by atoms with van der Waals surface area (Å²) >= 11 is 0. The molecular weight excluding hydrogens is 326 g/mol. The van der Waals surface area contributed by atoms with Gasteiger partial charge in [0.1, 0.15) is 0 Å². The molecule has 1 aromatic rings. The molecule has 2 aliphatic rings. The molecule has 2 N–H and O–H groups in total. The number of allylic oxidation sites excluding steroid dienone is 1. The zero-order chi connectivity index (χ0) is 18.4. The van der Waals surface area contributed by atoms with Crippen LogP contribution in [0.1, 0.15) is 43.2 Å². The predicted octanol–water partition coefficient (Wildman–Crippen LogP) is 2.30. The maximum absolute atomic E-state index is 12.4. The summed E-state index contributed by atoms with van der Waals surface area (Å²) in [6.45, 7) is 4.80. The minimum atomic E-state index is -0.399. The molecule has 2 amide bonds. The number of rotatable bonds is 6. The first-order valence-electron chi connectivity index (χ1n) is 9.64. The monoisotopic (exact) mass is 355 g/mol. The van der Waals surface area contributed by atoms with Crippen molar-refractivity contribution in [3.8, 4) is 0 Å². The lowest BCUT2D eigenvalue weighted by Gasteiger charge is -2.35. The van der Waals surface area contributed by atoms with Crippen molar-refractivity contribution in [2.45, 2.75) is 51.6 Å². The first-order chi connectivity index (χ1) is 12.6. The summed E-state index contributed by atoms with van der Waals surface area (Å²) in [5.74, 6) is -0.0924. The van der Waals surface area contributed by atoms with Crippen LogP contribution in [0.2, 0.25) is 0 Å². The van der Waals surface area contributed by atoms with Crippen molar-refractivity contribution in [3.05, 3.63) is 47.0 Å². The Balaban J connectivity index is 1.59. The molecule has 0 bridgehead atoms. The van der Waals surface area contributed by atoms with Gasteiger partial charge in [0.05, 0.1) is 12.5 Å². The molecule has 0 unspecified atom stereocenters. The Morgan fingerprint density at radius 1 is 1.31 bits per heavy atom. The van der Waals surface area contributed by atoms with Crippen molar-refractivity contribution in [1.82, 2.24) is 15.5 Å². The molecule has 0 saturated carbocycles. The van der Waals surface area contributed by atoms with Crippen molar-refractivity contribution in [3.63, 3.8) is 0 Å². The van der Waals surface area contributed by atoms with E-state index in [1.54, 1.807) is 0 Å². The SMILES string of the molecule is Cc1ccccc1CN1CCNC(=O)[C@@H]1CC(=O)NCC1=CCCCC1. The maximum Gasteiger partial charge on any atom is 0.237 e. The van der Waals surface area contributed by atoms with E-state index in [0.29, 0.717) is 19.6 Å². The second-order valence-corrected chi connectivity index (χ2v) is 7.29. The topological polar surface area (TPSA) is 61.4 Å². The van der Waals surface area contributed by atoms with Crippen LogP contribution in [0.3, 0.4) is 0 Å². The second-order valence-electron chi connectivity index (χ2n) is 7.29. The van der Waals surface area contributed by atoms with Gasteiger partial charge in [0, 0.05) is 26.2 Å². The van der Waals surface area contributed by atoms with Gasteiger partial charge in [-0.05, 0) is 43.7 Å². The molecule has 26 heavy (non-hydrogen) atoms. The van der Waals surface area contributed by atoms with Crippen LogP contribution in [0.4, 0.5) is 0 Å². The average Bonchev–Trinajstić information content (AvgIpc) is 2.65. The molecule has 1 fully saturated rings. The molecule has 0 spiro atoms. The molecule has 5 nitrogen and oxygen atoms in total. The third kappa shape index (κ3) is 4.94. The highest BCUT2D eigenvalue weighted by molar-refractivity contribution is 5.88. The van der Waals surface area contributed by atoms with E-state index in [0.717, 1.165) is 19.4 Å². The maximum atomic E-state index is 12.4. The zero-order valence-electron chi connectivity index (χ0n) is 15.6. The molecule has 1 aromatic carbocycles. The van der Waals surface area contributed by atoms with Crippen molar-refractivity contribution in [2.75, 3.05) is 19.6 Å². The summed E-state index contributed by atoms with van der Waals surface area (Å²) in [6, 6.07) is 7.81. The number of nitrogens with one attached hydrogen (secondary N) is 2. The fourth-order valence-corrected chi connectivity index (χ4v) is 3.70. The van der Waals surface area contributed by atoms with E-state index in [1.165, 1.54) is 29.5 Å². The van der Waals surface area contributed by atoms with Crippen LogP contribution in [-0.2, 0) is 16.1 Å². The van der Waals surface area contributed by atoms with Crippen LogP contribution in [0.15, 0.2) is 35.9 Å². The Labute approximate surface area is 155 Å². The number of amides is 2. The van der Waals surface area contributed by atoms with Crippen LogP contribution in [-0.4, -0.2) is 42.4 Å². The highest BCUT2D eigenvalue weighted by Crippen LogP contribution is 2.18. The minimum absolute atomic E-state index is 0.0446. The van der Waals surface area contributed by atoms with Gasteiger partial charge in [-0.3, -0.25) is 14.5 Å². The van der Waals surface area contributed by atoms with Crippen molar-refractivity contribution < 1.29 is 9.59 Å². The van der Waals surface area contributed by atoms with E-state index in [1.807, 2.05) is 12.1 Å². The molecule has 140 valence electrons. The van der Waals surface area contributed by atoms with Crippen LogP contribution < -0.4 is 10.6 Å². The second kappa shape index (κ2) is 8.99. The first kappa shape index (κ1) is 18.6. The van der Waals surface area contributed by atoms with Gasteiger partial charge in [-0.15, -0.1) is 0 Å². The van der Waals surface area contributed by atoms with Crippen molar-refractivity contribution in [1.29, 1.82) is 0 Å². The Morgan fingerprint density at radius 3 is 2.92 bits per heavy atom. The summed E-state index contributed by atoms with van der Waals surface area (Å²) in [6.07, 6.45) is 7.08. The Morgan fingerprint density at radius 2 is 2.15 bits per heavy atom. The van der Waals surface area contributed by atoms with Gasteiger partial charge >= 0.3 is 0 Å². The summed E-state index contributed by atoms with van der Waals surface area (Å²) in [7, 11) is 0. The molecular formula is C21H29N3O2. The van der Waals surface area contributed by atoms with E-state index in [2.05, 4.69) is 40.7 Å². The predicted molar refractivity (Wildman–Crippen MR) is 103 cm³/mol. The standard InChI is InChI=1S/C21H29N3O2/c1-16-7-5-6-10-18(16)15-24-12-11-22-21(26)19(24)13-20(25)23-14-17-8-3-2-4-9-17/h5-8,10,19H,2-4,9,11-15H2,1H3,(H,22,26)(H,23,25)/t19-/m0/s1. The van der Waals surface area contributed by atoms with E-state index in [4.69, 9.17) is 0 Å². The number of benzene rings is 1. The highest BCUT2D eigenvalue weighted by atomic mass is 16.2. The summed E-state index contributed by atoms with van der Waals surface area (Å²) in [5, 5.41) is 5.90. The normalized spacial score (nSPS) is 21.0. The van der Waals surface area contributed by atoms with Gasteiger partial charge in [-0.1, -0.05) is 35.9 Å². The molecule has 0 radical (unpaired) electrons. The zero-order valence-corrected chi connectivity index (χ0v) is 15.6. The van der Waals surface area contributed by atoms with Gasteiger partial charge in [0.15, 0.2) is 0 Å². The van der Waals surface area contributed by atoms with Gasteiger partial charge in [0.2, 0.25) is 11.8 Å². The molecule has 1 saturated heterocycles. The highest BCUT2D eigenvalue weighted by Gasteiger charge is 2.31. The lowest BCUT2D eigenvalue weighted by Crippen LogP contribution is -2.56. The van der Waals surface area contributed by atoms with Gasteiger partial charge in [-0.25, -0.2) is 0 Å². The van der Waals surface area contributed by atoms with Crippen molar-refractivity contribution >= 4 is 11.8 Å². The third-order valence-electron chi connectivity index (χ3n) is 5.35. The smallest absolute Gasteiger partial charge is 0.237 e. The molecule has 5 heteroatoms. The lowest BCUT2D eigenvalue weighted by atomic mass is 9.99. The van der Waals surface area contributed by atoms with Crippen LogP contribution >= 0.6 is 0 Å². The number of aryl methyl sites for hydroxylation is 1. The van der Waals surface area contributed by atoms with E-state index >= 15 is 0 Å². The van der Waals surface area contributed by atoms with Crippen LogP contribution in [0.25, 0.3) is 0 Å². The molecule has 1 aliphatic heterocycles. The Kier molecular flexibility index (Phi) is 6.45. The summed E-state index contributed by atoms with van der Waals surface area (Å²) in [4.78, 5) is 26.9. The number of carbonyl (C=O) groups is 2. The van der Waals surface area contributed by atoms with Gasteiger partial charge in [0.25, 0.3) is 0 Å². The molecule has 0 aromatic heterocycles. The quantitative estimate of drug-likeness (QED) is 0.770. The Bertz CT molecular complexity index is 684. The van der Waals surface area contributed by atoms with E-state index < -0.39 is 6.04 Å². The number of hydrogen-bond acceptors (Lipinski definition) is 3. The van der Waals surface area contributed by atoms with Gasteiger partial charge < -0.3 is 10.6 Å². The number of hydrogen-bond donors (Lipinski definition) is 2. The molecule has 3 rings (SSSR count). The fourth-order valence-electron chi connectivity index (χ4n) is 3.70. The summed E-state index contributed by atoms with van der Waals surface area (Å²) in [5.41, 5.74) is 3.74. The summed E-state index contributed by atoms with van der Waals surface area (Å²) < 4.78 is 0. The van der Waals surface area contributed by atoms with E-state index in [-0.39, 0.29) is 18.2 Å². The van der Waals surface area contributed by atoms with Gasteiger partial charge in [-0.2, -0.15) is 0 Å². The molecule has 1 aliphatic carbocycles.